The molecule has 0 saturated heterocycles. The summed E-state index contributed by atoms with van der Waals surface area (Å²) in [5.74, 6) is -0.270. The first-order chi connectivity index (χ1) is 14.2. The van der Waals surface area contributed by atoms with Gasteiger partial charge >= 0.3 is 11.9 Å². The van der Waals surface area contributed by atoms with Gasteiger partial charge in [-0.15, -0.1) is 0 Å². The Hall–Kier alpha value is -2.58. The topological polar surface area (TPSA) is 89.9 Å². The SMILES string of the molecule is CCOC(=O)c1c(C)oc2ccc(Br)cc12.Cc1oc2ccc(Br)cc2c1C(=O)O. The van der Waals surface area contributed by atoms with Crippen molar-refractivity contribution >= 4 is 65.7 Å². The average Bonchev–Trinajstić information content (AvgIpc) is 3.17. The smallest absolute Gasteiger partial charge is 0.342 e. The number of aromatic carboxylic acids is 1. The number of carbonyl (C=O) groups is 2. The number of furan rings is 2. The molecule has 4 rings (SSSR count). The van der Waals surface area contributed by atoms with Crippen molar-refractivity contribution in [3.63, 3.8) is 0 Å². The van der Waals surface area contributed by atoms with Crippen molar-refractivity contribution in [1.82, 2.24) is 0 Å². The summed E-state index contributed by atoms with van der Waals surface area (Å²) >= 11 is 6.66. The maximum absolute atomic E-state index is 11.8. The number of hydrogen-bond acceptors (Lipinski definition) is 5. The summed E-state index contributed by atoms with van der Waals surface area (Å²) in [4.78, 5) is 22.7. The molecule has 30 heavy (non-hydrogen) atoms. The van der Waals surface area contributed by atoms with Crippen molar-refractivity contribution in [3.05, 3.63) is 68.0 Å². The van der Waals surface area contributed by atoms with Gasteiger partial charge in [-0.25, -0.2) is 9.59 Å². The minimum absolute atomic E-state index is 0.237. The van der Waals surface area contributed by atoms with Crippen molar-refractivity contribution < 1.29 is 28.3 Å². The van der Waals surface area contributed by atoms with Gasteiger partial charge in [-0.1, -0.05) is 31.9 Å². The van der Waals surface area contributed by atoms with Gasteiger partial charge in [0.25, 0.3) is 0 Å². The third-order valence-electron chi connectivity index (χ3n) is 4.35. The van der Waals surface area contributed by atoms with Crippen LogP contribution in [0.5, 0.6) is 0 Å². The average molecular weight is 538 g/mol. The third kappa shape index (κ3) is 4.44. The molecule has 0 unspecified atom stereocenters. The number of esters is 1. The second kappa shape index (κ2) is 9.06. The second-order valence-electron chi connectivity index (χ2n) is 6.37. The number of carbonyl (C=O) groups excluding carboxylic acids is 1. The summed E-state index contributed by atoms with van der Waals surface area (Å²) in [7, 11) is 0. The molecular weight excluding hydrogens is 520 g/mol. The molecule has 0 aliphatic carbocycles. The molecule has 0 atom stereocenters. The zero-order valence-corrected chi connectivity index (χ0v) is 19.6. The third-order valence-corrected chi connectivity index (χ3v) is 5.33. The number of carboxylic acid groups (broad SMARTS) is 1. The highest BCUT2D eigenvalue weighted by atomic mass is 79.9. The summed E-state index contributed by atoms with van der Waals surface area (Å²) in [6, 6.07) is 10.9. The van der Waals surface area contributed by atoms with Gasteiger partial charge in [0.15, 0.2) is 0 Å². The molecule has 4 aromatic rings. The molecule has 0 aliphatic heterocycles. The van der Waals surface area contributed by atoms with Crippen LogP contribution in [0.2, 0.25) is 0 Å². The summed E-state index contributed by atoms with van der Waals surface area (Å²) in [5, 5.41) is 10.4. The van der Waals surface area contributed by atoms with E-state index in [4.69, 9.17) is 18.7 Å². The van der Waals surface area contributed by atoms with E-state index in [0.29, 0.717) is 40.2 Å². The summed E-state index contributed by atoms with van der Waals surface area (Å²) in [5.41, 5.74) is 2.05. The first kappa shape index (κ1) is 22.1. The van der Waals surface area contributed by atoms with Gasteiger partial charge in [-0.05, 0) is 57.2 Å². The molecule has 6 nitrogen and oxygen atoms in total. The number of aryl methyl sites for hydroxylation is 2. The number of ether oxygens (including phenoxy) is 1. The predicted octanol–water partition coefficient (Wildman–Crippen LogP) is 6.88. The van der Waals surface area contributed by atoms with E-state index in [1.165, 1.54) is 0 Å². The van der Waals surface area contributed by atoms with Crippen LogP contribution in [0.3, 0.4) is 0 Å². The highest BCUT2D eigenvalue weighted by Gasteiger charge is 2.19. The molecule has 0 aliphatic rings. The summed E-state index contributed by atoms with van der Waals surface area (Å²) in [6.07, 6.45) is 0. The summed E-state index contributed by atoms with van der Waals surface area (Å²) < 4.78 is 17.6. The molecule has 0 bridgehead atoms. The molecule has 0 fully saturated rings. The normalized spacial score (nSPS) is 10.7. The number of benzene rings is 2. The van der Waals surface area contributed by atoms with Crippen LogP contribution in [0.4, 0.5) is 0 Å². The maximum atomic E-state index is 11.8. The Kier molecular flexibility index (Phi) is 6.67. The molecule has 2 heterocycles. The minimum atomic E-state index is -0.959. The molecule has 0 amide bonds. The molecule has 0 saturated carbocycles. The minimum Gasteiger partial charge on any atom is -0.478 e. The van der Waals surface area contributed by atoms with Crippen LogP contribution in [0.15, 0.2) is 54.2 Å². The van der Waals surface area contributed by atoms with Gasteiger partial charge in [0.1, 0.15) is 33.8 Å². The van der Waals surface area contributed by atoms with Gasteiger partial charge in [0, 0.05) is 19.7 Å². The van der Waals surface area contributed by atoms with Crippen molar-refractivity contribution in [2.24, 2.45) is 0 Å². The number of hydrogen-bond donors (Lipinski definition) is 1. The van der Waals surface area contributed by atoms with Gasteiger partial charge in [-0.3, -0.25) is 0 Å². The molecule has 0 spiro atoms. The van der Waals surface area contributed by atoms with E-state index in [9.17, 15) is 9.59 Å². The van der Waals surface area contributed by atoms with E-state index < -0.39 is 5.97 Å². The van der Waals surface area contributed by atoms with Crippen LogP contribution >= 0.6 is 31.9 Å². The first-order valence-electron chi connectivity index (χ1n) is 9.00. The lowest BCUT2D eigenvalue weighted by molar-refractivity contribution is 0.0525. The standard InChI is InChI=1S/C12H11BrO3.C10H7BrO3/c1-3-15-12(14)11-7(2)16-10-5-4-8(13)6-9(10)11;1-5-9(10(12)13)7-4-6(11)2-3-8(7)14-5/h4-6H,3H2,1-2H3;2-4H,1H3,(H,12,13). The lowest BCUT2D eigenvalue weighted by Crippen LogP contribution is -2.05. The van der Waals surface area contributed by atoms with Crippen LogP contribution in [0.25, 0.3) is 21.9 Å². The van der Waals surface area contributed by atoms with Crippen LogP contribution in [-0.2, 0) is 4.74 Å². The maximum Gasteiger partial charge on any atom is 0.342 e. The van der Waals surface area contributed by atoms with Crippen LogP contribution in [-0.4, -0.2) is 23.7 Å². The number of fused-ring (bicyclic) bond motifs is 2. The quantitative estimate of drug-likeness (QED) is 0.286. The monoisotopic (exact) mass is 536 g/mol. The molecule has 8 heteroatoms. The van der Waals surface area contributed by atoms with E-state index in [2.05, 4.69) is 31.9 Å². The van der Waals surface area contributed by atoms with Crippen molar-refractivity contribution in [3.8, 4) is 0 Å². The van der Waals surface area contributed by atoms with Crippen LogP contribution in [0, 0.1) is 13.8 Å². The number of halogens is 2. The van der Waals surface area contributed by atoms with Crippen LogP contribution < -0.4 is 0 Å². The highest BCUT2D eigenvalue weighted by Crippen LogP contribution is 2.29. The van der Waals surface area contributed by atoms with E-state index >= 15 is 0 Å². The van der Waals surface area contributed by atoms with Gasteiger partial charge in [0.2, 0.25) is 0 Å². The fourth-order valence-electron chi connectivity index (χ4n) is 3.11. The van der Waals surface area contributed by atoms with Crippen LogP contribution in [0.1, 0.15) is 39.2 Å². The lowest BCUT2D eigenvalue weighted by atomic mass is 10.1. The molecule has 1 N–H and O–H groups in total. The van der Waals surface area contributed by atoms with E-state index in [-0.39, 0.29) is 11.5 Å². The van der Waals surface area contributed by atoms with Crippen molar-refractivity contribution in [1.29, 1.82) is 0 Å². The van der Waals surface area contributed by atoms with Gasteiger partial charge in [0.05, 0.1) is 6.61 Å². The lowest BCUT2D eigenvalue weighted by Gasteiger charge is -2.00. The van der Waals surface area contributed by atoms with E-state index in [1.54, 1.807) is 32.9 Å². The Bertz CT molecular complexity index is 1250. The Labute approximate surface area is 189 Å². The fourth-order valence-corrected chi connectivity index (χ4v) is 3.83. The second-order valence-corrected chi connectivity index (χ2v) is 8.20. The first-order valence-corrected chi connectivity index (χ1v) is 10.6. The Morgan fingerprint density at radius 2 is 1.37 bits per heavy atom. The fraction of sp³-hybridized carbons (Fsp3) is 0.182. The number of rotatable bonds is 3. The highest BCUT2D eigenvalue weighted by molar-refractivity contribution is 9.10. The molecule has 156 valence electrons. The predicted molar refractivity (Wildman–Crippen MR) is 120 cm³/mol. The molecule has 2 aromatic heterocycles. The molecular formula is C22H18Br2O6. The number of carboxylic acids is 1. The van der Waals surface area contributed by atoms with Gasteiger partial charge in [-0.2, -0.15) is 0 Å². The van der Waals surface area contributed by atoms with Crippen molar-refractivity contribution in [2.45, 2.75) is 20.8 Å². The van der Waals surface area contributed by atoms with Gasteiger partial charge < -0.3 is 18.7 Å². The Balaban J connectivity index is 0.000000172. The van der Waals surface area contributed by atoms with E-state index in [0.717, 1.165) is 14.3 Å². The summed E-state index contributed by atoms with van der Waals surface area (Å²) in [6.45, 7) is 5.56. The molecule has 2 aromatic carbocycles. The van der Waals surface area contributed by atoms with Crippen molar-refractivity contribution in [2.75, 3.05) is 6.61 Å². The zero-order chi connectivity index (χ0) is 22.0. The zero-order valence-electron chi connectivity index (χ0n) is 16.4. The molecule has 0 radical (unpaired) electrons. The largest absolute Gasteiger partial charge is 0.478 e. The Morgan fingerprint density at radius 3 is 1.83 bits per heavy atom. The van der Waals surface area contributed by atoms with E-state index in [1.807, 2.05) is 24.3 Å². The Morgan fingerprint density at radius 1 is 0.900 bits per heavy atom.